The predicted molar refractivity (Wildman–Crippen MR) is 114 cm³/mol. The number of carbonyl (C=O) groups excluding carboxylic acids is 1. The second kappa shape index (κ2) is 7.59. The number of pyridine rings is 1. The molecule has 0 fully saturated rings. The number of carbonyl (C=O) groups is 1. The van der Waals surface area contributed by atoms with Gasteiger partial charge in [0, 0.05) is 24.8 Å². The monoisotopic (exact) mass is 404 g/mol. The minimum Gasteiger partial charge on any atom is -0.348 e. The molecule has 0 unspecified atom stereocenters. The van der Waals surface area contributed by atoms with Crippen molar-refractivity contribution in [3.63, 3.8) is 0 Å². The highest BCUT2D eigenvalue weighted by molar-refractivity contribution is 6.06. The topological polar surface area (TPSA) is 79.8 Å². The zero-order valence-electron chi connectivity index (χ0n) is 16.9. The van der Waals surface area contributed by atoms with Crippen LogP contribution in [0.25, 0.3) is 22.2 Å². The predicted octanol–water partition coefficient (Wildman–Crippen LogP) is 3.61. The number of nitrogens with zero attached hydrogens (tertiary/aromatic N) is 2. The number of H-pyrrole nitrogens is 1. The molecule has 0 aliphatic carbocycles. The summed E-state index contributed by atoms with van der Waals surface area (Å²) in [6, 6.07) is 11.6. The standard InChI is InChI=1S/C23H21FN4O2/c1-13-8-14(2)27-23(30)19(13)11-25-22(29)18-9-16(15-4-6-17(24)7-5-15)10-20-21(18)28(3)12-26-20/h4-10,12H,11H2,1-3H3,(H,25,29)(H,27,30). The normalized spacial score (nSPS) is 11.1. The summed E-state index contributed by atoms with van der Waals surface area (Å²) in [5.74, 6) is -0.638. The smallest absolute Gasteiger partial charge is 0.253 e. The molecule has 1 amide bonds. The van der Waals surface area contributed by atoms with Crippen LogP contribution in [0.4, 0.5) is 4.39 Å². The second-order valence-electron chi connectivity index (χ2n) is 7.38. The fourth-order valence-corrected chi connectivity index (χ4v) is 3.64. The van der Waals surface area contributed by atoms with Crippen molar-refractivity contribution in [3.05, 3.63) is 87.3 Å². The summed E-state index contributed by atoms with van der Waals surface area (Å²) in [5, 5.41) is 2.85. The van der Waals surface area contributed by atoms with Crippen LogP contribution in [0.5, 0.6) is 0 Å². The SMILES string of the molecule is Cc1cc(C)c(CNC(=O)c2cc(-c3ccc(F)cc3)cc3ncn(C)c23)c(=O)[nH]1. The van der Waals surface area contributed by atoms with Crippen molar-refractivity contribution < 1.29 is 9.18 Å². The van der Waals surface area contributed by atoms with Gasteiger partial charge in [-0.25, -0.2) is 9.37 Å². The van der Waals surface area contributed by atoms with Crippen molar-refractivity contribution in [1.29, 1.82) is 0 Å². The number of aromatic amines is 1. The van der Waals surface area contributed by atoms with Gasteiger partial charge in [0.1, 0.15) is 5.82 Å². The van der Waals surface area contributed by atoms with E-state index < -0.39 is 0 Å². The molecule has 0 radical (unpaired) electrons. The van der Waals surface area contributed by atoms with Crippen LogP contribution in [0.3, 0.4) is 0 Å². The lowest BCUT2D eigenvalue weighted by Gasteiger charge is -2.11. The van der Waals surface area contributed by atoms with Gasteiger partial charge in [-0.1, -0.05) is 12.1 Å². The number of fused-ring (bicyclic) bond motifs is 1. The van der Waals surface area contributed by atoms with Crippen LogP contribution in [0.15, 0.2) is 53.6 Å². The fourth-order valence-electron chi connectivity index (χ4n) is 3.64. The van der Waals surface area contributed by atoms with Crippen LogP contribution in [0, 0.1) is 19.7 Å². The van der Waals surface area contributed by atoms with E-state index in [0.29, 0.717) is 22.2 Å². The second-order valence-corrected chi connectivity index (χ2v) is 7.38. The first-order chi connectivity index (χ1) is 14.3. The van der Waals surface area contributed by atoms with Gasteiger partial charge in [-0.15, -0.1) is 0 Å². The van der Waals surface area contributed by atoms with Gasteiger partial charge in [0.25, 0.3) is 11.5 Å². The lowest BCUT2D eigenvalue weighted by atomic mass is 10.0. The molecule has 2 aromatic carbocycles. The van der Waals surface area contributed by atoms with Gasteiger partial charge in [-0.2, -0.15) is 0 Å². The van der Waals surface area contributed by atoms with E-state index in [0.717, 1.165) is 22.4 Å². The number of hydrogen-bond acceptors (Lipinski definition) is 3. The zero-order chi connectivity index (χ0) is 21.4. The quantitative estimate of drug-likeness (QED) is 0.545. The van der Waals surface area contributed by atoms with Gasteiger partial charge in [0.15, 0.2) is 0 Å². The van der Waals surface area contributed by atoms with Crippen LogP contribution in [-0.2, 0) is 13.6 Å². The Morgan fingerprint density at radius 3 is 2.57 bits per heavy atom. The number of halogens is 1. The molecule has 4 aromatic rings. The van der Waals surface area contributed by atoms with Gasteiger partial charge in [-0.05, 0) is 60.9 Å². The van der Waals surface area contributed by atoms with Gasteiger partial charge in [0.05, 0.1) is 22.9 Å². The van der Waals surface area contributed by atoms with Gasteiger partial charge >= 0.3 is 0 Å². The highest BCUT2D eigenvalue weighted by Gasteiger charge is 2.17. The fraction of sp³-hybridized carbons (Fsp3) is 0.174. The summed E-state index contributed by atoms with van der Waals surface area (Å²) in [4.78, 5) is 32.5. The number of rotatable bonds is 4. The molecular weight excluding hydrogens is 383 g/mol. The van der Waals surface area contributed by atoms with Crippen LogP contribution in [0.1, 0.15) is 27.2 Å². The van der Waals surface area contributed by atoms with Crippen LogP contribution in [0.2, 0.25) is 0 Å². The number of aryl methyl sites for hydroxylation is 3. The molecule has 2 aromatic heterocycles. The summed E-state index contributed by atoms with van der Waals surface area (Å²) in [6.45, 7) is 3.77. The lowest BCUT2D eigenvalue weighted by Crippen LogP contribution is -2.28. The van der Waals surface area contributed by atoms with E-state index in [-0.39, 0.29) is 23.8 Å². The van der Waals surface area contributed by atoms with E-state index in [1.54, 1.807) is 29.1 Å². The third-order valence-corrected chi connectivity index (χ3v) is 5.15. The van der Waals surface area contributed by atoms with Crippen molar-refractivity contribution in [2.24, 2.45) is 7.05 Å². The first kappa shape index (κ1) is 19.6. The number of hydrogen-bond donors (Lipinski definition) is 2. The van der Waals surface area contributed by atoms with E-state index >= 15 is 0 Å². The number of amides is 1. The molecule has 4 rings (SSSR count). The third kappa shape index (κ3) is 3.61. The Morgan fingerprint density at radius 1 is 1.13 bits per heavy atom. The molecule has 0 saturated heterocycles. The maximum atomic E-state index is 13.3. The lowest BCUT2D eigenvalue weighted by molar-refractivity contribution is 0.0952. The summed E-state index contributed by atoms with van der Waals surface area (Å²) >= 11 is 0. The number of nitrogens with one attached hydrogen (secondary N) is 2. The Bertz CT molecular complexity index is 1320. The summed E-state index contributed by atoms with van der Waals surface area (Å²) < 4.78 is 15.1. The van der Waals surface area contributed by atoms with Crippen LogP contribution in [-0.4, -0.2) is 20.4 Å². The number of aromatic nitrogens is 3. The number of benzene rings is 2. The van der Waals surface area contributed by atoms with Crippen LogP contribution < -0.4 is 10.9 Å². The first-order valence-corrected chi connectivity index (χ1v) is 9.52. The average Bonchev–Trinajstić information content (AvgIpc) is 3.08. The Morgan fingerprint density at radius 2 is 1.87 bits per heavy atom. The van der Waals surface area contributed by atoms with E-state index in [9.17, 15) is 14.0 Å². The molecule has 2 N–H and O–H groups in total. The minimum atomic E-state index is -0.325. The van der Waals surface area contributed by atoms with Crippen LogP contribution >= 0.6 is 0 Å². The van der Waals surface area contributed by atoms with E-state index in [1.165, 1.54) is 12.1 Å². The molecular formula is C23H21FN4O2. The molecule has 7 heteroatoms. The van der Waals surface area contributed by atoms with Crippen molar-refractivity contribution >= 4 is 16.9 Å². The molecule has 0 atom stereocenters. The molecule has 30 heavy (non-hydrogen) atoms. The van der Waals surface area contributed by atoms with E-state index in [4.69, 9.17) is 0 Å². The molecule has 152 valence electrons. The summed E-state index contributed by atoms with van der Waals surface area (Å²) in [5.41, 5.74) is 5.23. The maximum Gasteiger partial charge on any atom is 0.253 e. The molecule has 0 aliphatic heterocycles. The number of imidazole rings is 1. The Labute approximate surface area is 172 Å². The van der Waals surface area contributed by atoms with Crippen molar-refractivity contribution in [2.75, 3.05) is 0 Å². The Balaban J connectivity index is 1.72. The molecule has 6 nitrogen and oxygen atoms in total. The minimum absolute atomic E-state index is 0.112. The highest BCUT2D eigenvalue weighted by atomic mass is 19.1. The highest BCUT2D eigenvalue weighted by Crippen LogP contribution is 2.27. The molecule has 2 heterocycles. The zero-order valence-corrected chi connectivity index (χ0v) is 16.9. The van der Waals surface area contributed by atoms with Gasteiger partial charge in [-0.3, -0.25) is 9.59 Å². The van der Waals surface area contributed by atoms with Gasteiger partial charge in [0.2, 0.25) is 0 Å². The Kier molecular flexibility index (Phi) is 4.95. The van der Waals surface area contributed by atoms with E-state index in [1.807, 2.05) is 33.0 Å². The summed E-state index contributed by atoms with van der Waals surface area (Å²) in [7, 11) is 1.82. The van der Waals surface area contributed by atoms with Gasteiger partial charge < -0.3 is 14.9 Å². The van der Waals surface area contributed by atoms with Crippen molar-refractivity contribution in [3.8, 4) is 11.1 Å². The maximum absolute atomic E-state index is 13.3. The summed E-state index contributed by atoms with van der Waals surface area (Å²) in [6.07, 6.45) is 1.64. The largest absolute Gasteiger partial charge is 0.348 e. The average molecular weight is 404 g/mol. The first-order valence-electron chi connectivity index (χ1n) is 9.52. The third-order valence-electron chi connectivity index (χ3n) is 5.15. The molecule has 0 spiro atoms. The van der Waals surface area contributed by atoms with Crippen molar-refractivity contribution in [2.45, 2.75) is 20.4 Å². The molecule has 0 aliphatic rings. The molecule has 0 saturated carbocycles. The molecule has 0 bridgehead atoms. The van der Waals surface area contributed by atoms with E-state index in [2.05, 4.69) is 15.3 Å². The van der Waals surface area contributed by atoms with Crippen molar-refractivity contribution in [1.82, 2.24) is 19.9 Å². The Hall–Kier alpha value is -3.74.